The van der Waals surface area contributed by atoms with Crippen LogP contribution < -0.4 is 4.74 Å². The Morgan fingerprint density at radius 3 is 2.25 bits per heavy atom. The number of hydrogen-bond donors (Lipinski definition) is 0. The average Bonchev–Trinajstić information content (AvgIpc) is 2.77. The van der Waals surface area contributed by atoms with Crippen molar-refractivity contribution in [2.45, 2.75) is 6.61 Å². The molecule has 0 spiro atoms. The molecule has 0 aliphatic rings. The fourth-order valence-electron chi connectivity index (χ4n) is 2.64. The Bertz CT molecular complexity index is 1090. The van der Waals surface area contributed by atoms with E-state index in [1.165, 1.54) is 0 Å². The molecule has 0 aliphatic carbocycles. The second-order valence-electron chi connectivity index (χ2n) is 5.99. The van der Waals surface area contributed by atoms with E-state index in [-0.39, 0.29) is 18.0 Å². The van der Waals surface area contributed by atoms with Crippen molar-refractivity contribution in [1.29, 1.82) is 10.5 Å². The van der Waals surface area contributed by atoms with Crippen LogP contribution >= 0.6 is 0 Å². The SMILES string of the molecule is N#C/C(=C\c1ccc(OCc2ccccc2C#N)cc1)C(=O)c1ccccc1. The zero-order valence-corrected chi connectivity index (χ0v) is 15.0. The van der Waals surface area contributed by atoms with Gasteiger partial charge in [0, 0.05) is 11.1 Å². The highest BCUT2D eigenvalue weighted by molar-refractivity contribution is 6.14. The monoisotopic (exact) mass is 364 g/mol. The van der Waals surface area contributed by atoms with E-state index in [4.69, 9.17) is 10.00 Å². The lowest BCUT2D eigenvalue weighted by atomic mass is 10.0. The van der Waals surface area contributed by atoms with Crippen LogP contribution in [-0.4, -0.2) is 5.78 Å². The van der Waals surface area contributed by atoms with E-state index in [0.717, 1.165) is 11.1 Å². The number of Topliss-reactive ketones (excluding diaryl/α,β-unsaturated/α-hetero) is 1. The summed E-state index contributed by atoms with van der Waals surface area (Å²) < 4.78 is 5.73. The van der Waals surface area contributed by atoms with E-state index in [2.05, 4.69) is 6.07 Å². The quantitative estimate of drug-likeness (QED) is 0.353. The van der Waals surface area contributed by atoms with E-state index in [1.807, 2.05) is 30.3 Å². The molecule has 3 rings (SSSR count). The predicted molar refractivity (Wildman–Crippen MR) is 106 cm³/mol. The Morgan fingerprint density at radius 2 is 1.57 bits per heavy atom. The molecule has 134 valence electrons. The maximum atomic E-state index is 12.4. The summed E-state index contributed by atoms with van der Waals surface area (Å²) in [4.78, 5) is 12.4. The highest BCUT2D eigenvalue weighted by atomic mass is 16.5. The van der Waals surface area contributed by atoms with Crippen molar-refractivity contribution in [3.63, 3.8) is 0 Å². The van der Waals surface area contributed by atoms with Gasteiger partial charge in [-0.25, -0.2) is 0 Å². The van der Waals surface area contributed by atoms with Crippen LogP contribution in [0, 0.1) is 22.7 Å². The first kappa shape index (κ1) is 18.6. The first-order valence-electron chi connectivity index (χ1n) is 8.63. The molecule has 0 fully saturated rings. The smallest absolute Gasteiger partial charge is 0.203 e. The van der Waals surface area contributed by atoms with Gasteiger partial charge in [0.25, 0.3) is 0 Å². The summed E-state index contributed by atoms with van der Waals surface area (Å²) in [5.74, 6) is 0.328. The minimum Gasteiger partial charge on any atom is -0.489 e. The summed E-state index contributed by atoms with van der Waals surface area (Å²) >= 11 is 0. The molecule has 0 unspecified atom stereocenters. The predicted octanol–water partition coefficient (Wildman–Crippen LogP) is 4.93. The topological polar surface area (TPSA) is 73.9 Å². The molecule has 0 radical (unpaired) electrons. The number of carbonyl (C=O) groups excluding carboxylic acids is 1. The molecule has 0 bridgehead atoms. The van der Waals surface area contributed by atoms with Gasteiger partial charge in [-0.3, -0.25) is 4.79 Å². The fraction of sp³-hybridized carbons (Fsp3) is 0.0417. The van der Waals surface area contributed by atoms with Crippen LogP contribution in [-0.2, 0) is 6.61 Å². The summed E-state index contributed by atoms with van der Waals surface area (Å²) in [6.45, 7) is 0.287. The third-order valence-corrected chi connectivity index (χ3v) is 4.12. The van der Waals surface area contributed by atoms with E-state index in [1.54, 1.807) is 60.7 Å². The molecule has 4 heteroatoms. The molecule has 28 heavy (non-hydrogen) atoms. The molecule has 0 saturated heterocycles. The average molecular weight is 364 g/mol. The number of ether oxygens (including phenoxy) is 1. The number of nitrogens with zero attached hydrogens (tertiary/aromatic N) is 2. The van der Waals surface area contributed by atoms with Crippen molar-refractivity contribution in [2.24, 2.45) is 0 Å². The van der Waals surface area contributed by atoms with Gasteiger partial charge >= 0.3 is 0 Å². The highest BCUT2D eigenvalue weighted by Gasteiger charge is 2.11. The summed E-state index contributed by atoms with van der Waals surface area (Å²) in [5, 5.41) is 18.5. The Hall–Kier alpha value is -4.15. The minimum absolute atomic E-state index is 0.0721. The number of nitriles is 2. The van der Waals surface area contributed by atoms with Crippen molar-refractivity contribution in [1.82, 2.24) is 0 Å². The van der Waals surface area contributed by atoms with Gasteiger partial charge in [0.15, 0.2) is 0 Å². The van der Waals surface area contributed by atoms with Gasteiger partial charge < -0.3 is 4.74 Å². The molecule has 0 aliphatic heterocycles. The molecule has 0 saturated carbocycles. The number of carbonyl (C=O) groups is 1. The van der Waals surface area contributed by atoms with Crippen LogP contribution in [0.4, 0.5) is 0 Å². The van der Waals surface area contributed by atoms with Crippen LogP contribution in [0.1, 0.15) is 27.0 Å². The van der Waals surface area contributed by atoms with Crippen molar-refractivity contribution >= 4 is 11.9 Å². The molecule has 4 nitrogen and oxygen atoms in total. The Balaban J connectivity index is 1.71. The first-order chi connectivity index (χ1) is 13.7. The van der Waals surface area contributed by atoms with E-state index < -0.39 is 0 Å². The molecule has 3 aromatic carbocycles. The summed E-state index contributed by atoms with van der Waals surface area (Å²) in [7, 11) is 0. The Morgan fingerprint density at radius 1 is 0.893 bits per heavy atom. The number of rotatable bonds is 6. The van der Waals surface area contributed by atoms with E-state index in [0.29, 0.717) is 16.9 Å². The van der Waals surface area contributed by atoms with E-state index >= 15 is 0 Å². The fourth-order valence-corrected chi connectivity index (χ4v) is 2.64. The summed E-state index contributed by atoms with van der Waals surface area (Å²) in [5.41, 5.74) is 2.68. The number of allylic oxidation sites excluding steroid dienone is 1. The van der Waals surface area contributed by atoms with Crippen molar-refractivity contribution in [3.05, 3.63) is 107 Å². The zero-order chi connectivity index (χ0) is 19.8. The Kier molecular flexibility index (Phi) is 5.98. The standard InChI is InChI=1S/C24H16N2O2/c25-15-20-8-4-5-9-21(20)17-28-23-12-10-18(11-13-23)14-22(16-26)24(27)19-6-2-1-3-7-19/h1-14H,17H2/b22-14+. The molecule has 0 heterocycles. The number of benzene rings is 3. The molecule has 3 aromatic rings. The van der Waals surface area contributed by atoms with Crippen LogP contribution in [0.15, 0.2) is 84.4 Å². The number of hydrogen-bond acceptors (Lipinski definition) is 4. The minimum atomic E-state index is -0.309. The molecule has 0 amide bonds. The lowest BCUT2D eigenvalue weighted by Gasteiger charge is -2.08. The second-order valence-corrected chi connectivity index (χ2v) is 5.99. The largest absolute Gasteiger partial charge is 0.489 e. The van der Waals surface area contributed by atoms with Gasteiger partial charge in [-0.2, -0.15) is 10.5 Å². The zero-order valence-electron chi connectivity index (χ0n) is 15.0. The second kappa shape index (κ2) is 8.98. The van der Waals surface area contributed by atoms with Gasteiger partial charge in [0.1, 0.15) is 24.0 Å². The maximum Gasteiger partial charge on any atom is 0.203 e. The van der Waals surface area contributed by atoms with Crippen LogP contribution in [0.2, 0.25) is 0 Å². The molecule has 0 N–H and O–H groups in total. The maximum absolute atomic E-state index is 12.4. The van der Waals surface area contributed by atoms with E-state index in [9.17, 15) is 10.1 Å². The normalized spacial score (nSPS) is 10.6. The third-order valence-electron chi connectivity index (χ3n) is 4.12. The molecular formula is C24H16N2O2. The van der Waals surface area contributed by atoms with Crippen LogP contribution in [0.3, 0.4) is 0 Å². The molecule has 0 atom stereocenters. The van der Waals surface area contributed by atoms with Gasteiger partial charge in [-0.05, 0) is 29.8 Å². The lowest BCUT2D eigenvalue weighted by Crippen LogP contribution is -2.01. The van der Waals surface area contributed by atoms with Gasteiger partial charge in [-0.1, -0.05) is 60.7 Å². The molecule has 0 aromatic heterocycles. The first-order valence-corrected chi connectivity index (χ1v) is 8.63. The summed E-state index contributed by atoms with van der Waals surface area (Å²) in [6, 6.07) is 27.2. The van der Waals surface area contributed by atoms with Crippen molar-refractivity contribution in [2.75, 3.05) is 0 Å². The molecular weight excluding hydrogens is 348 g/mol. The van der Waals surface area contributed by atoms with Gasteiger partial charge in [0.05, 0.1) is 11.6 Å². The third kappa shape index (κ3) is 4.52. The van der Waals surface area contributed by atoms with Crippen molar-refractivity contribution < 1.29 is 9.53 Å². The van der Waals surface area contributed by atoms with Crippen molar-refractivity contribution in [3.8, 4) is 17.9 Å². The van der Waals surface area contributed by atoms with Gasteiger partial charge in [-0.15, -0.1) is 0 Å². The lowest BCUT2D eigenvalue weighted by molar-refractivity contribution is 0.104. The number of ketones is 1. The summed E-state index contributed by atoms with van der Waals surface area (Å²) in [6.07, 6.45) is 1.56. The van der Waals surface area contributed by atoms with Gasteiger partial charge in [0.2, 0.25) is 5.78 Å². The van der Waals surface area contributed by atoms with Crippen LogP contribution in [0.25, 0.3) is 6.08 Å². The van der Waals surface area contributed by atoms with Crippen LogP contribution in [0.5, 0.6) is 5.75 Å². The Labute approximate surface area is 163 Å². The highest BCUT2D eigenvalue weighted by Crippen LogP contribution is 2.18.